The molecule has 6 rings (SSSR count). The van der Waals surface area contributed by atoms with E-state index < -0.39 is 86.3 Å². The van der Waals surface area contributed by atoms with Crippen LogP contribution in [-0.4, -0.2) is 138 Å². The van der Waals surface area contributed by atoms with Gasteiger partial charge in [0.05, 0.1) is 31.0 Å². The van der Waals surface area contributed by atoms with Crippen LogP contribution in [0.3, 0.4) is 0 Å². The van der Waals surface area contributed by atoms with Crippen LogP contribution in [0.1, 0.15) is 106 Å². The Hall–Kier alpha value is -0.780. The Morgan fingerprint density at radius 2 is 1.30 bits per heavy atom. The fraction of sp³-hybridized carbons (Fsp3) is 0.951. The molecule has 2 saturated heterocycles. The molecule has 2 heterocycles. The maximum atomic E-state index is 12.4. The molecule has 6 aliphatic rings. The molecule has 13 nitrogen and oxygen atoms in total. The van der Waals surface area contributed by atoms with Gasteiger partial charge in [-0.2, -0.15) is 0 Å². The van der Waals surface area contributed by atoms with Gasteiger partial charge in [-0.1, -0.05) is 39.3 Å². The first-order valence-electron chi connectivity index (χ1n) is 20.5. The molecule has 0 bridgehead atoms. The Balaban J connectivity index is 1.23. The highest BCUT2D eigenvalue weighted by atomic mass is 16.7. The fourth-order valence-corrected chi connectivity index (χ4v) is 12.9. The summed E-state index contributed by atoms with van der Waals surface area (Å²) in [6.07, 6.45) is -5.14. The van der Waals surface area contributed by atoms with Crippen molar-refractivity contribution in [1.29, 1.82) is 0 Å². The number of fused-ring (bicyclic) bond motifs is 5. The SMILES string of the molecule is CC(C)=CCC[C@](C)(O[C@@H]1O[C@H](CO)[C@@H](O)[C@H](O)[C@H]1O)[C@H]1CC[C@]2(C)[C@@H]1[C@H](O)C[C@H]1[C@H]2CC[C@H]2C(C)(C)[C@@H](O[C@@H]3O[C@H](CO)[C@@H](O)[C@H](O)[C@H]3O)CC[C@]12C. The molecule has 6 fully saturated rings. The third-order valence-electron chi connectivity index (χ3n) is 15.9. The second-order valence-corrected chi connectivity index (χ2v) is 19.5. The lowest BCUT2D eigenvalue weighted by Crippen LogP contribution is -2.65. The number of allylic oxidation sites excluding steroid dienone is 2. The second kappa shape index (κ2) is 15.8. The lowest BCUT2D eigenvalue weighted by atomic mass is 9.39. The molecule has 0 aromatic carbocycles. The molecule has 54 heavy (non-hydrogen) atoms. The molecular formula is C41H70O13. The summed E-state index contributed by atoms with van der Waals surface area (Å²) in [5.41, 5.74) is -0.332. The monoisotopic (exact) mass is 770 g/mol. The highest BCUT2D eigenvalue weighted by Crippen LogP contribution is 2.71. The van der Waals surface area contributed by atoms with E-state index in [4.69, 9.17) is 18.9 Å². The van der Waals surface area contributed by atoms with Crippen molar-refractivity contribution in [3.63, 3.8) is 0 Å². The van der Waals surface area contributed by atoms with E-state index in [1.165, 1.54) is 5.57 Å². The summed E-state index contributed by atoms with van der Waals surface area (Å²) in [5, 5.41) is 95.6. The van der Waals surface area contributed by atoms with Crippen LogP contribution in [0.4, 0.5) is 0 Å². The molecule has 13 heteroatoms. The molecule has 0 amide bonds. The summed E-state index contributed by atoms with van der Waals surface area (Å²) in [5.74, 6) is 0.677. The van der Waals surface area contributed by atoms with Gasteiger partial charge < -0.3 is 64.9 Å². The molecule has 0 spiro atoms. The number of hydrogen-bond acceptors (Lipinski definition) is 13. The van der Waals surface area contributed by atoms with Crippen molar-refractivity contribution in [2.75, 3.05) is 13.2 Å². The van der Waals surface area contributed by atoms with E-state index in [9.17, 15) is 46.0 Å². The molecule has 4 aliphatic carbocycles. The summed E-state index contributed by atoms with van der Waals surface area (Å²) >= 11 is 0. The molecule has 312 valence electrons. The first-order chi connectivity index (χ1) is 25.2. The molecular weight excluding hydrogens is 700 g/mol. The van der Waals surface area contributed by atoms with Crippen molar-refractivity contribution in [1.82, 2.24) is 0 Å². The van der Waals surface area contributed by atoms with Gasteiger partial charge in [-0.3, -0.25) is 0 Å². The standard InChI is InChI=1S/C41H70O13/c1-20(2)9-8-14-41(7,54-37-35(50)33(48)31(46)26(19-43)52-37)22-12-15-40(6)21-10-11-27-38(3,4)28(13-16-39(27,5)23(21)17-24(44)29(22)40)53-36-34(49)32(47)30(45)25(18-42)51-36/h9,21-37,42-50H,8,10-19H2,1-7H3/t21-,22+,23+,24-,25-,26-,27+,28+,29+,30-,31-,32+,33+,34-,35-,36+,37+,39-,40+,41+/m1/s1. The molecule has 4 saturated carbocycles. The van der Waals surface area contributed by atoms with E-state index in [0.717, 1.165) is 32.1 Å². The summed E-state index contributed by atoms with van der Waals surface area (Å²) < 4.78 is 24.8. The van der Waals surface area contributed by atoms with Gasteiger partial charge in [-0.15, -0.1) is 0 Å². The lowest BCUT2D eigenvalue weighted by Gasteiger charge is -2.66. The van der Waals surface area contributed by atoms with Gasteiger partial charge >= 0.3 is 0 Å². The number of aliphatic hydroxyl groups is 9. The maximum absolute atomic E-state index is 12.4. The predicted octanol–water partition coefficient (Wildman–Crippen LogP) is 1.76. The zero-order chi connectivity index (χ0) is 39.7. The van der Waals surface area contributed by atoms with E-state index in [1.807, 2.05) is 20.8 Å². The van der Waals surface area contributed by atoms with Crippen LogP contribution in [0.15, 0.2) is 11.6 Å². The largest absolute Gasteiger partial charge is 0.394 e. The summed E-state index contributed by atoms with van der Waals surface area (Å²) in [7, 11) is 0. The highest BCUT2D eigenvalue weighted by molar-refractivity contribution is 5.16. The highest BCUT2D eigenvalue weighted by Gasteiger charge is 2.68. The second-order valence-electron chi connectivity index (χ2n) is 19.5. The molecule has 0 radical (unpaired) electrons. The van der Waals surface area contributed by atoms with Gasteiger partial charge in [-0.05, 0) is 124 Å². The fourth-order valence-electron chi connectivity index (χ4n) is 12.9. The minimum absolute atomic E-state index is 0.0824. The van der Waals surface area contributed by atoms with Crippen LogP contribution in [-0.2, 0) is 18.9 Å². The van der Waals surface area contributed by atoms with Crippen molar-refractivity contribution in [3.8, 4) is 0 Å². The quantitative estimate of drug-likeness (QED) is 0.114. The van der Waals surface area contributed by atoms with Gasteiger partial charge in [0.1, 0.15) is 48.8 Å². The number of rotatable bonds is 10. The van der Waals surface area contributed by atoms with Crippen LogP contribution in [0.25, 0.3) is 0 Å². The first-order valence-corrected chi connectivity index (χ1v) is 20.5. The third-order valence-corrected chi connectivity index (χ3v) is 15.9. The van der Waals surface area contributed by atoms with Crippen LogP contribution in [0.5, 0.6) is 0 Å². The maximum Gasteiger partial charge on any atom is 0.187 e. The van der Waals surface area contributed by atoms with Crippen molar-refractivity contribution < 1.29 is 64.9 Å². The van der Waals surface area contributed by atoms with Crippen molar-refractivity contribution in [2.45, 2.75) is 185 Å². The van der Waals surface area contributed by atoms with Crippen LogP contribution < -0.4 is 0 Å². The van der Waals surface area contributed by atoms with Crippen LogP contribution in [0.2, 0.25) is 0 Å². The summed E-state index contributed by atoms with van der Waals surface area (Å²) in [4.78, 5) is 0. The van der Waals surface area contributed by atoms with E-state index in [2.05, 4.69) is 33.8 Å². The smallest absolute Gasteiger partial charge is 0.187 e. The molecule has 2 aliphatic heterocycles. The molecule has 0 aromatic rings. The molecule has 0 unspecified atom stereocenters. The van der Waals surface area contributed by atoms with E-state index >= 15 is 0 Å². The Labute approximate surface area is 320 Å². The molecule has 20 atom stereocenters. The van der Waals surface area contributed by atoms with E-state index in [-0.39, 0.29) is 46.0 Å². The normalized spacial score (nSPS) is 51.4. The van der Waals surface area contributed by atoms with E-state index in [0.29, 0.717) is 31.6 Å². The van der Waals surface area contributed by atoms with Gasteiger partial charge in [0.15, 0.2) is 12.6 Å². The van der Waals surface area contributed by atoms with Gasteiger partial charge in [-0.25, -0.2) is 0 Å². The van der Waals surface area contributed by atoms with E-state index in [1.54, 1.807) is 0 Å². The van der Waals surface area contributed by atoms with Crippen molar-refractivity contribution in [3.05, 3.63) is 11.6 Å². The Bertz CT molecular complexity index is 1320. The first kappa shape index (κ1) is 42.8. The summed E-state index contributed by atoms with van der Waals surface area (Å²) in [6.45, 7) is 14.2. The molecule has 9 N–H and O–H groups in total. The topological polar surface area (TPSA) is 219 Å². The van der Waals surface area contributed by atoms with Gasteiger partial charge in [0.25, 0.3) is 0 Å². The number of ether oxygens (including phenoxy) is 4. The lowest BCUT2D eigenvalue weighted by molar-refractivity contribution is -0.336. The van der Waals surface area contributed by atoms with Gasteiger partial charge in [0.2, 0.25) is 0 Å². The number of hydrogen-bond donors (Lipinski definition) is 9. The average Bonchev–Trinajstić information content (AvgIpc) is 3.49. The van der Waals surface area contributed by atoms with Crippen molar-refractivity contribution >= 4 is 0 Å². The van der Waals surface area contributed by atoms with Crippen molar-refractivity contribution in [2.24, 2.45) is 45.8 Å². The average molecular weight is 771 g/mol. The predicted molar refractivity (Wildman–Crippen MR) is 196 cm³/mol. The Morgan fingerprint density at radius 3 is 1.89 bits per heavy atom. The van der Waals surface area contributed by atoms with Gasteiger partial charge in [0, 0.05) is 0 Å². The number of aliphatic hydroxyl groups excluding tert-OH is 9. The Morgan fingerprint density at radius 1 is 0.722 bits per heavy atom. The Kier molecular flexibility index (Phi) is 12.5. The summed E-state index contributed by atoms with van der Waals surface area (Å²) in [6, 6.07) is 0. The minimum atomic E-state index is -1.55. The van der Waals surface area contributed by atoms with Crippen LogP contribution in [0, 0.1) is 45.8 Å². The zero-order valence-corrected chi connectivity index (χ0v) is 33.3. The molecule has 0 aromatic heterocycles. The minimum Gasteiger partial charge on any atom is -0.394 e. The zero-order valence-electron chi connectivity index (χ0n) is 33.3. The van der Waals surface area contributed by atoms with Crippen LogP contribution >= 0.6 is 0 Å². The third kappa shape index (κ3) is 7.17.